The highest BCUT2D eigenvalue weighted by Gasteiger charge is 2.52. The Morgan fingerprint density at radius 3 is 0.886 bits per heavy atom. The highest BCUT2D eigenvalue weighted by atomic mass is 32.2. The summed E-state index contributed by atoms with van der Waals surface area (Å²) in [5.41, 5.74) is -13.0. The number of carbonyl (C=O) groups excluding carboxylic acids is 1. The fourth-order valence-electron chi connectivity index (χ4n) is 7.22. The van der Waals surface area contributed by atoms with Gasteiger partial charge in [-0.2, -0.15) is 0 Å². The molecule has 25 heteroatoms. The molecule has 0 spiro atoms. The number of halogens is 20. The van der Waals surface area contributed by atoms with Gasteiger partial charge in [-0.1, -0.05) is 48.5 Å². The minimum atomic E-state index is -7.22. The van der Waals surface area contributed by atoms with Crippen LogP contribution in [0.4, 0.5) is 92.6 Å². The molecule has 7 rings (SSSR count). The van der Waals surface area contributed by atoms with Gasteiger partial charge < -0.3 is 9.47 Å². The molecule has 0 heterocycles. The highest BCUT2D eigenvalue weighted by Crippen LogP contribution is 2.31. The van der Waals surface area contributed by atoms with E-state index >= 15 is 35.1 Å². The monoisotopic (exact) mass is 1030 g/mol. The van der Waals surface area contributed by atoms with Crippen LogP contribution < -0.4 is 31.3 Å². The van der Waals surface area contributed by atoms with E-state index in [1.807, 2.05) is 24.3 Å². The third-order valence-electron chi connectivity index (χ3n) is 10.3. The van der Waals surface area contributed by atoms with Gasteiger partial charge in [0.15, 0.2) is 74.7 Å². The van der Waals surface area contributed by atoms with E-state index in [0.29, 0.717) is 11.5 Å². The van der Waals surface area contributed by atoms with E-state index in [9.17, 15) is 57.5 Å². The molecule has 0 saturated heterocycles. The van der Waals surface area contributed by atoms with Crippen molar-refractivity contribution >= 4 is 45.0 Å². The Hall–Kier alpha value is -7.18. The zero-order valence-electron chi connectivity index (χ0n) is 34.1. The lowest BCUT2D eigenvalue weighted by Gasteiger charge is -2.44. The van der Waals surface area contributed by atoms with Crippen LogP contribution in [0.15, 0.2) is 89.8 Å². The third kappa shape index (κ3) is 9.08. The van der Waals surface area contributed by atoms with Crippen molar-refractivity contribution in [1.82, 2.24) is 0 Å². The Morgan fingerprint density at radius 1 is 0.357 bits per heavy atom. The first kappa shape index (κ1) is 52.2. The fraction of sp³-hybridized carbons (Fsp3) is 0.0444. The molecule has 366 valence electrons. The van der Waals surface area contributed by atoms with Crippen molar-refractivity contribution in [2.45, 2.75) is 10.6 Å². The van der Waals surface area contributed by atoms with E-state index in [-0.39, 0.29) is 10.9 Å². The minimum Gasteiger partial charge on any atom is -0.395 e. The van der Waals surface area contributed by atoms with Crippen LogP contribution in [0.2, 0.25) is 0 Å². The zero-order valence-corrected chi connectivity index (χ0v) is 34.9. The molecule has 0 radical (unpaired) electrons. The van der Waals surface area contributed by atoms with E-state index in [1.165, 1.54) is 10.5 Å². The molecule has 0 aliphatic heterocycles. The second kappa shape index (κ2) is 20.4. The van der Waals surface area contributed by atoms with E-state index in [0.717, 1.165) is 5.75 Å². The molecule has 0 aromatic heterocycles. The van der Waals surface area contributed by atoms with Gasteiger partial charge in [0.25, 0.3) is 0 Å². The molecular formula is C45H19BF20O3S. The standard InChI is InChI=1S/C24BF20.C21H19O3S/c26-5-1(6(27)14(35)21(42)13(5)34)25(2-7(28)15(36)22(43)16(37)8(2)29,3-9(30)17(38)23(44)18(39)10(3)31)4-11(32)19(40)24(45)20(41)12(4)33;1-25(16-17-8-4-2-5-9-17)20-14-12-19(13-15-20)24-21(22)23-18-10-6-3-7-11-18/h;2-15H,16H2,1H3/q-1;+1. The number of rotatable bonds is 9. The molecular weight excluding hydrogens is 1010 g/mol. The molecule has 0 fully saturated rings. The van der Waals surface area contributed by atoms with Crippen LogP contribution >= 0.6 is 0 Å². The lowest BCUT2D eigenvalue weighted by molar-refractivity contribution is 0.152. The number of carbonyl (C=O) groups is 1. The average molecular weight is 1030 g/mol. The Labute approximate surface area is 381 Å². The summed E-state index contributed by atoms with van der Waals surface area (Å²) in [4.78, 5) is 13.0. The summed E-state index contributed by atoms with van der Waals surface area (Å²) < 4.78 is 304. The molecule has 0 aliphatic rings. The lowest BCUT2D eigenvalue weighted by Crippen LogP contribution is -2.81. The molecule has 7 aromatic carbocycles. The van der Waals surface area contributed by atoms with E-state index in [1.54, 1.807) is 36.4 Å². The van der Waals surface area contributed by atoms with Gasteiger partial charge in [0.05, 0.1) is 0 Å². The maximum Gasteiger partial charge on any atom is 0.519 e. The first-order valence-corrected chi connectivity index (χ1v) is 20.7. The van der Waals surface area contributed by atoms with Gasteiger partial charge in [0.2, 0.25) is 0 Å². The molecule has 0 aliphatic carbocycles. The van der Waals surface area contributed by atoms with Crippen molar-refractivity contribution in [3.05, 3.63) is 207 Å². The first-order chi connectivity index (χ1) is 32.9. The number of hydrogen-bond donors (Lipinski definition) is 0. The van der Waals surface area contributed by atoms with Crippen LogP contribution in [0.25, 0.3) is 0 Å². The predicted octanol–water partition coefficient (Wildman–Crippen LogP) is 10.9. The van der Waals surface area contributed by atoms with Gasteiger partial charge in [0, 0.05) is 16.5 Å². The molecule has 0 saturated carbocycles. The largest absolute Gasteiger partial charge is 0.519 e. The summed E-state index contributed by atoms with van der Waals surface area (Å²) in [6.45, 7) is 0. The first-order valence-electron chi connectivity index (χ1n) is 18.9. The topological polar surface area (TPSA) is 35.5 Å². The van der Waals surface area contributed by atoms with E-state index < -0.39 is 150 Å². The molecule has 7 aromatic rings. The summed E-state index contributed by atoms with van der Waals surface area (Å²) in [5.74, 6) is -69.5. The molecule has 1 unspecified atom stereocenters. The van der Waals surface area contributed by atoms with Crippen molar-refractivity contribution in [3.63, 3.8) is 0 Å². The molecule has 0 bridgehead atoms. The van der Waals surface area contributed by atoms with Gasteiger partial charge in [-0.05, 0) is 36.4 Å². The Morgan fingerprint density at radius 2 is 0.600 bits per heavy atom. The predicted molar refractivity (Wildman–Crippen MR) is 210 cm³/mol. The maximum absolute atomic E-state index is 15.4. The van der Waals surface area contributed by atoms with Gasteiger partial charge in [0.1, 0.15) is 76.2 Å². The number of hydrogen-bond acceptors (Lipinski definition) is 3. The van der Waals surface area contributed by atoms with Gasteiger partial charge >= 0.3 is 6.16 Å². The summed E-state index contributed by atoms with van der Waals surface area (Å²) in [6.07, 6.45) is -5.74. The normalized spacial score (nSPS) is 11.8. The minimum absolute atomic E-state index is 0.0914. The maximum atomic E-state index is 15.4. The zero-order chi connectivity index (χ0) is 51.8. The number of ether oxygens (including phenoxy) is 2. The van der Waals surface area contributed by atoms with E-state index in [4.69, 9.17) is 9.47 Å². The smallest absolute Gasteiger partial charge is 0.395 e. The van der Waals surface area contributed by atoms with E-state index in [2.05, 4.69) is 30.5 Å². The summed E-state index contributed by atoms with van der Waals surface area (Å²) >= 11 is 0. The van der Waals surface area contributed by atoms with Crippen LogP contribution in [0.5, 0.6) is 11.5 Å². The molecule has 0 N–H and O–H groups in total. The van der Waals surface area contributed by atoms with Crippen molar-refractivity contribution in [1.29, 1.82) is 0 Å². The van der Waals surface area contributed by atoms with Crippen molar-refractivity contribution in [2.75, 3.05) is 6.26 Å². The van der Waals surface area contributed by atoms with Gasteiger partial charge in [-0.25, -0.2) is 92.6 Å². The van der Waals surface area contributed by atoms with Crippen LogP contribution in [0.3, 0.4) is 0 Å². The van der Waals surface area contributed by atoms with Crippen molar-refractivity contribution in [3.8, 4) is 11.5 Å². The van der Waals surface area contributed by atoms with Gasteiger partial charge in [-0.15, -0.1) is 21.9 Å². The second-order valence-corrected chi connectivity index (χ2v) is 16.3. The number of para-hydroxylation sites is 1. The summed E-state index contributed by atoms with van der Waals surface area (Å²) in [7, 11) is 0.0914. The fourth-order valence-corrected chi connectivity index (χ4v) is 8.68. The quantitative estimate of drug-likeness (QED) is 0.0275. The SMILES string of the molecule is C[S+](Cc1ccccc1)c1ccc(OC(=O)Oc2ccccc2)cc1.Fc1c(F)c(F)c([B-](c2c(F)c(F)c(F)c(F)c2F)(c2c(F)c(F)c(F)c(F)c2F)c2c(F)c(F)c(F)c(F)c2F)c(F)c1F. The second-order valence-electron chi connectivity index (χ2n) is 14.3. The van der Waals surface area contributed by atoms with Crippen LogP contribution in [-0.2, 0) is 16.6 Å². The molecule has 3 nitrogen and oxygen atoms in total. The van der Waals surface area contributed by atoms with Crippen LogP contribution in [0.1, 0.15) is 5.56 Å². The Kier molecular flexibility index (Phi) is 15.2. The summed E-state index contributed by atoms with van der Waals surface area (Å²) in [5, 5.41) is 0. The van der Waals surface area contributed by atoms with Crippen molar-refractivity contribution in [2.24, 2.45) is 0 Å². The number of benzene rings is 7. The Bertz CT molecular complexity index is 2780. The van der Waals surface area contributed by atoms with Crippen molar-refractivity contribution < 1.29 is 102 Å². The summed E-state index contributed by atoms with van der Waals surface area (Å²) in [6, 6.07) is 26.9. The Balaban J connectivity index is 0.000000270. The van der Waals surface area contributed by atoms with Gasteiger partial charge in [-0.3, -0.25) is 0 Å². The molecule has 0 amide bonds. The average Bonchev–Trinajstić information content (AvgIpc) is 3.34. The third-order valence-corrected chi connectivity index (χ3v) is 12.1. The van der Waals surface area contributed by atoms with Crippen LogP contribution in [0, 0.1) is 116 Å². The lowest BCUT2D eigenvalue weighted by atomic mass is 9.12. The highest BCUT2D eigenvalue weighted by molar-refractivity contribution is 7.95. The molecule has 70 heavy (non-hydrogen) atoms. The molecule has 1 atom stereocenters. The van der Waals surface area contributed by atoms with Crippen LogP contribution in [-0.4, -0.2) is 18.6 Å².